The van der Waals surface area contributed by atoms with Crippen molar-refractivity contribution in [1.82, 2.24) is 14.8 Å². The van der Waals surface area contributed by atoms with Crippen LogP contribution >= 0.6 is 11.6 Å². The molecule has 1 aromatic heterocycles. The number of phenolic OH excluding ortho intramolecular Hbond substituents is 1. The van der Waals surface area contributed by atoms with Gasteiger partial charge in [-0.3, -0.25) is 4.79 Å². The quantitative estimate of drug-likeness (QED) is 0.646. The van der Waals surface area contributed by atoms with Gasteiger partial charge in [0.25, 0.3) is 0 Å². The van der Waals surface area contributed by atoms with Gasteiger partial charge in [-0.1, -0.05) is 35.9 Å². The van der Waals surface area contributed by atoms with Gasteiger partial charge in [0.1, 0.15) is 11.8 Å². The number of allylic oxidation sites excluding steroid dienone is 1. The SMILES string of the molecule is CC1=C(C(N)=O)[C@H](c2cccc(O)c2)n2nc(-c3ccccc3Cl)nc2N1. The summed E-state index contributed by atoms with van der Waals surface area (Å²) >= 11 is 6.28. The van der Waals surface area contributed by atoms with Crippen molar-refractivity contribution in [3.63, 3.8) is 0 Å². The van der Waals surface area contributed by atoms with Crippen LogP contribution in [0.2, 0.25) is 5.02 Å². The number of carbonyl (C=O) groups excluding carboxylic acids is 1. The van der Waals surface area contributed by atoms with Crippen LogP contribution in [-0.4, -0.2) is 25.8 Å². The Balaban J connectivity index is 1.91. The van der Waals surface area contributed by atoms with E-state index in [1.807, 2.05) is 18.2 Å². The number of phenols is 1. The minimum absolute atomic E-state index is 0.0838. The Bertz CT molecular complexity index is 1090. The molecule has 2 heterocycles. The van der Waals surface area contributed by atoms with E-state index in [1.54, 1.807) is 41.9 Å². The molecule has 4 rings (SSSR count). The smallest absolute Gasteiger partial charge is 0.248 e. The summed E-state index contributed by atoms with van der Waals surface area (Å²) in [5.41, 5.74) is 7.92. The number of nitrogens with two attached hydrogens (primary N) is 1. The Labute approximate surface area is 160 Å². The molecule has 136 valence electrons. The molecule has 1 aliphatic rings. The molecular formula is C19H16ClN5O2. The van der Waals surface area contributed by atoms with Gasteiger partial charge in [0.2, 0.25) is 11.9 Å². The number of rotatable bonds is 3. The van der Waals surface area contributed by atoms with E-state index in [2.05, 4.69) is 15.4 Å². The molecule has 8 heteroatoms. The first-order valence-corrected chi connectivity index (χ1v) is 8.61. The highest BCUT2D eigenvalue weighted by molar-refractivity contribution is 6.33. The molecule has 0 radical (unpaired) electrons. The molecule has 1 atom stereocenters. The fraction of sp³-hybridized carbons (Fsp3) is 0.105. The lowest BCUT2D eigenvalue weighted by atomic mass is 9.95. The number of aromatic nitrogens is 3. The molecule has 1 aliphatic heterocycles. The molecule has 0 fully saturated rings. The van der Waals surface area contributed by atoms with Crippen LogP contribution in [0.25, 0.3) is 11.4 Å². The summed E-state index contributed by atoms with van der Waals surface area (Å²) in [6, 6.07) is 13.3. The molecule has 27 heavy (non-hydrogen) atoms. The topological polar surface area (TPSA) is 106 Å². The van der Waals surface area contributed by atoms with Crippen LogP contribution in [0.1, 0.15) is 18.5 Å². The average molecular weight is 382 g/mol. The van der Waals surface area contributed by atoms with Crippen molar-refractivity contribution in [3.8, 4) is 17.1 Å². The number of nitrogens with one attached hydrogen (secondary N) is 1. The molecule has 0 aliphatic carbocycles. The van der Waals surface area contributed by atoms with E-state index in [0.29, 0.717) is 39.2 Å². The summed E-state index contributed by atoms with van der Waals surface area (Å²) in [6.07, 6.45) is 0. The first kappa shape index (κ1) is 17.1. The number of benzene rings is 2. The highest BCUT2D eigenvalue weighted by Gasteiger charge is 2.33. The molecule has 1 amide bonds. The predicted octanol–water partition coefficient (Wildman–Crippen LogP) is 3.08. The molecule has 0 saturated heterocycles. The van der Waals surface area contributed by atoms with Gasteiger partial charge in [-0.15, -0.1) is 5.10 Å². The molecule has 7 nitrogen and oxygen atoms in total. The van der Waals surface area contributed by atoms with Crippen molar-refractivity contribution >= 4 is 23.5 Å². The molecule has 0 unspecified atom stereocenters. The Kier molecular flexibility index (Phi) is 4.08. The first-order valence-electron chi connectivity index (χ1n) is 8.23. The van der Waals surface area contributed by atoms with E-state index in [9.17, 15) is 9.90 Å². The van der Waals surface area contributed by atoms with Crippen LogP contribution in [0.15, 0.2) is 59.8 Å². The Morgan fingerprint density at radius 2 is 2.04 bits per heavy atom. The lowest BCUT2D eigenvalue weighted by Crippen LogP contribution is -2.31. The van der Waals surface area contributed by atoms with Crippen molar-refractivity contribution in [2.24, 2.45) is 5.73 Å². The lowest BCUT2D eigenvalue weighted by molar-refractivity contribution is -0.115. The van der Waals surface area contributed by atoms with E-state index in [1.165, 1.54) is 0 Å². The van der Waals surface area contributed by atoms with Crippen LogP contribution in [0, 0.1) is 0 Å². The average Bonchev–Trinajstić information content (AvgIpc) is 3.03. The standard InChI is InChI=1S/C19H16ClN5O2/c1-10-15(17(21)27)16(11-5-4-6-12(26)9-11)25-19(22-10)23-18(24-25)13-7-2-3-8-14(13)20/h2-9,16,26H,1H3,(H2,21,27)(H,22,23,24)/t16-/m0/s1. The summed E-state index contributed by atoms with van der Waals surface area (Å²) in [5.74, 6) is 0.391. The molecule has 3 aromatic rings. The number of nitrogens with zero attached hydrogens (tertiary/aromatic N) is 3. The molecule has 0 bridgehead atoms. The number of hydrogen-bond acceptors (Lipinski definition) is 5. The maximum Gasteiger partial charge on any atom is 0.248 e. The third-order valence-electron chi connectivity index (χ3n) is 4.42. The third-order valence-corrected chi connectivity index (χ3v) is 4.75. The fourth-order valence-electron chi connectivity index (χ4n) is 3.23. The summed E-state index contributed by atoms with van der Waals surface area (Å²) in [4.78, 5) is 16.7. The largest absolute Gasteiger partial charge is 0.508 e. The predicted molar refractivity (Wildman–Crippen MR) is 102 cm³/mol. The van der Waals surface area contributed by atoms with Crippen molar-refractivity contribution in [1.29, 1.82) is 0 Å². The van der Waals surface area contributed by atoms with E-state index < -0.39 is 11.9 Å². The van der Waals surface area contributed by atoms with Crippen molar-refractivity contribution < 1.29 is 9.90 Å². The van der Waals surface area contributed by atoms with Crippen molar-refractivity contribution in [3.05, 3.63) is 70.4 Å². The van der Waals surface area contributed by atoms with Gasteiger partial charge in [-0.05, 0) is 36.8 Å². The van der Waals surface area contributed by atoms with Gasteiger partial charge in [0.05, 0.1) is 10.6 Å². The molecule has 2 aromatic carbocycles. The zero-order valence-corrected chi connectivity index (χ0v) is 15.1. The second-order valence-corrected chi connectivity index (χ2v) is 6.62. The molecule has 0 saturated carbocycles. The maximum absolute atomic E-state index is 12.2. The third kappa shape index (κ3) is 2.92. The lowest BCUT2D eigenvalue weighted by Gasteiger charge is -2.27. The van der Waals surface area contributed by atoms with E-state index in [0.717, 1.165) is 0 Å². The summed E-state index contributed by atoms with van der Waals surface area (Å²) in [5, 5.41) is 18.1. The van der Waals surface area contributed by atoms with Crippen LogP contribution in [-0.2, 0) is 4.79 Å². The normalized spacial score (nSPS) is 16.0. The van der Waals surface area contributed by atoms with Gasteiger partial charge in [-0.2, -0.15) is 4.98 Å². The highest BCUT2D eigenvalue weighted by Crippen LogP contribution is 2.37. The minimum Gasteiger partial charge on any atom is -0.508 e. The van der Waals surface area contributed by atoms with Crippen LogP contribution in [0.4, 0.5) is 5.95 Å². The van der Waals surface area contributed by atoms with E-state index >= 15 is 0 Å². The Hall–Kier alpha value is -3.32. The number of hydrogen-bond donors (Lipinski definition) is 3. The monoisotopic (exact) mass is 381 g/mol. The first-order chi connectivity index (χ1) is 13.0. The summed E-state index contributed by atoms with van der Waals surface area (Å²) in [7, 11) is 0. The zero-order chi connectivity index (χ0) is 19.1. The van der Waals surface area contributed by atoms with E-state index in [4.69, 9.17) is 17.3 Å². The molecule has 4 N–H and O–H groups in total. The van der Waals surface area contributed by atoms with Gasteiger partial charge in [-0.25, -0.2) is 4.68 Å². The second-order valence-electron chi connectivity index (χ2n) is 6.21. The Morgan fingerprint density at radius 1 is 1.26 bits per heavy atom. The number of amides is 1. The maximum atomic E-state index is 12.2. The number of anilines is 1. The van der Waals surface area contributed by atoms with Crippen molar-refractivity contribution in [2.45, 2.75) is 13.0 Å². The number of aromatic hydroxyl groups is 1. The highest BCUT2D eigenvalue weighted by atomic mass is 35.5. The van der Waals surface area contributed by atoms with E-state index in [-0.39, 0.29) is 5.75 Å². The minimum atomic E-state index is -0.616. The summed E-state index contributed by atoms with van der Waals surface area (Å²) < 4.78 is 1.58. The zero-order valence-electron chi connectivity index (χ0n) is 14.3. The number of carbonyl (C=O) groups is 1. The van der Waals surface area contributed by atoms with Crippen molar-refractivity contribution in [2.75, 3.05) is 5.32 Å². The summed E-state index contributed by atoms with van der Waals surface area (Å²) in [6.45, 7) is 1.75. The van der Waals surface area contributed by atoms with Gasteiger partial charge in [0.15, 0.2) is 5.82 Å². The molecule has 0 spiro atoms. The number of primary amides is 1. The fourth-order valence-corrected chi connectivity index (χ4v) is 3.45. The van der Waals surface area contributed by atoms with Crippen LogP contribution in [0.3, 0.4) is 0 Å². The number of halogens is 1. The van der Waals surface area contributed by atoms with Crippen LogP contribution < -0.4 is 11.1 Å². The van der Waals surface area contributed by atoms with Gasteiger partial charge in [0, 0.05) is 11.3 Å². The van der Waals surface area contributed by atoms with Crippen LogP contribution in [0.5, 0.6) is 5.75 Å². The Morgan fingerprint density at radius 3 is 2.74 bits per heavy atom. The second kappa shape index (κ2) is 6.44. The van der Waals surface area contributed by atoms with Gasteiger partial charge < -0.3 is 16.2 Å². The molecular weight excluding hydrogens is 366 g/mol. The van der Waals surface area contributed by atoms with Gasteiger partial charge >= 0.3 is 0 Å². The number of fused-ring (bicyclic) bond motifs is 1.